The molecule has 0 bridgehead atoms. The first-order valence-electron chi connectivity index (χ1n) is 7.36. The second kappa shape index (κ2) is 13.3. The lowest BCUT2D eigenvalue weighted by Crippen LogP contribution is -2.12. The number of esters is 1. The first-order valence-corrected chi connectivity index (χ1v) is 7.36. The molecule has 0 aromatic rings. The van der Waals surface area contributed by atoms with Gasteiger partial charge in [0.25, 0.3) is 0 Å². The van der Waals surface area contributed by atoms with Gasteiger partial charge in [0, 0.05) is 26.1 Å². The third-order valence-electron chi connectivity index (χ3n) is 2.73. The zero-order valence-electron chi connectivity index (χ0n) is 12.1. The average Bonchev–Trinajstić information content (AvgIpc) is 2.45. The average molecular weight is 290 g/mol. The summed E-state index contributed by atoms with van der Waals surface area (Å²) in [6.45, 7) is 5.06. The molecule has 0 N–H and O–H groups in total. The maximum atomic E-state index is 11.4. The van der Waals surface area contributed by atoms with Crippen molar-refractivity contribution in [2.75, 3.05) is 59.5 Å². The van der Waals surface area contributed by atoms with Crippen molar-refractivity contribution in [3.8, 4) is 0 Å². The number of ether oxygens (including phenoxy) is 5. The van der Waals surface area contributed by atoms with E-state index in [-0.39, 0.29) is 5.97 Å². The Morgan fingerprint density at radius 3 is 1.65 bits per heavy atom. The summed E-state index contributed by atoms with van der Waals surface area (Å²) < 4.78 is 26.5. The van der Waals surface area contributed by atoms with Gasteiger partial charge in [0.2, 0.25) is 0 Å². The molecule has 0 aromatic carbocycles. The summed E-state index contributed by atoms with van der Waals surface area (Å²) in [5.41, 5.74) is 0. The van der Waals surface area contributed by atoms with Gasteiger partial charge in [-0.25, -0.2) is 0 Å². The van der Waals surface area contributed by atoms with Crippen LogP contribution in [-0.4, -0.2) is 65.4 Å². The highest BCUT2D eigenvalue weighted by atomic mass is 16.6. The molecule has 0 aromatic heterocycles. The fourth-order valence-electron chi connectivity index (χ4n) is 1.65. The molecule has 6 heteroatoms. The Morgan fingerprint density at radius 1 is 0.550 bits per heavy atom. The van der Waals surface area contributed by atoms with E-state index in [0.29, 0.717) is 65.9 Å². The summed E-state index contributed by atoms with van der Waals surface area (Å²) in [5, 5.41) is 0. The molecule has 0 radical (unpaired) electrons. The summed E-state index contributed by atoms with van der Waals surface area (Å²) in [7, 11) is 0. The fraction of sp³-hybridized carbons (Fsp3) is 0.929. The van der Waals surface area contributed by atoms with Crippen LogP contribution in [0.3, 0.4) is 0 Å². The number of carbonyl (C=O) groups excluding carboxylic acids is 1. The summed E-state index contributed by atoms with van der Waals surface area (Å²) >= 11 is 0. The fourth-order valence-corrected chi connectivity index (χ4v) is 1.65. The molecule has 0 atom stereocenters. The van der Waals surface area contributed by atoms with E-state index in [0.717, 1.165) is 19.3 Å². The Morgan fingerprint density at radius 2 is 1.05 bits per heavy atom. The predicted molar refractivity (Wildman–Crippen MR) is 72.7 cm³/mol. The molecule has 0 spiro atoms. The maximum absolute atomic E-state index is 11.4. The lowest BCUT2D eigenvalue weighted by atomic mass is 10.2. The van der Waals surface area contributed by atoms with Crippen LogP contribution in [0.15, 0.2) is 0 Å². The van der Waals surface area contributed by atoms with Crippen molar-refractivity contribution in [3.63, 3.8) is 0 Å². The Bertz CT molecular complexity index is 212. The standard InChI is InChI=1S/C14H26O6/c15-14-4-1-2-5-16-8-10-18-12-13-19-11-9-17-6-3-7-20-14/h1-13H2. The highest BCUT2D eigenvalue weighted by Gasteiger charge is 2.02. The monoisotopic (exact) mass is 290 g/mol. The van der Waals surface area contributed by atoms with Crippen LogP contribution in [0.2, 0.25) is 0 Å². The van der Waals surface area contributed by atoms with Crippen LogP contribution in [0, 0.1) is 0 Å². The third kappa shape index (κ3) is 11.2. The van der Waals surface area contributed by atoms with Gasteiger partial charge in [-0.2, -0.15) is 0 Å². The van der Waals surface area contributed by atoms with E-state index >= 15 is 0 Å². The Kier molecular flexibility index (Phi) is 11.5. The molecule has 1 saturated heterocycles. The van der Waals surface area contributed by atoms with Crippen LogP contribution in [-0.2, 0) is 28.5 Å². The number of rotatable bonds is 0. The number of carbonyl (C=O) groups is 1. The van der Waals surface area contributed by atoms with E-state index in [2.05, 4.69) is 0 Å². The van der Waals surface area contributed by atoms with Crippen LogP contribution in [0.4, 0.5) is 0 Å². The van der Waals surface area contributed by atoms with Gasteiger partial charge in [-0.1, -0.05) is 0 Å². The number of cyclic esters (lactones) is 1. The Hall–Kier alpha value is -0.690. The minimum Gasteiger partial charge on any atom is -0.466 e. The van der Waals surface area contributed by atoms with Crippen molar-refractivity contribution < 1.29 is 28.5 Å². The van der Waals surface area contributed by atoms with Gasteiger partial charge in [0.1, 0.15) is 0 Å². The van der Waals surface area contributed by atoms with Gasteiger partial charge in [-0.15, -0.1) is 0 Å². The second-order valence-electron chi connectivity index (χ2n) is 4.48. The normalized spacial score (nSPS) is 23.1. The van der Waals surface area contributed by atoms with Crippen molar-refractivity contribution in [2.45, 2.75) is 25.7 Å². The highest BCUT2D eigenvalue weighted by Crippen LogP contribution is 1.99. The van der Waals surface area contributed by atoms with Gasteiger partial charge >= 0.3 is 5.97 Å². The van der Waals surface area contributed by atoms with Gasteiger partial charge in [0.05, 0.1) is 46.2 Å². The molecule has 0 amide bonds. The van der Waals surface area contributed by atoms with Crippen molar-refractivity contribution >= 4 is 5.97 Å². The predicted octanol–water partition coefficient (Wildman–Crippen LogP) is 1.17. The molecule has 6 nitrogen and oxygen atoms in total. The molecule has 20 heavy (non-hydrogen) atoms. The van der Waals surface area contributed by atoms with Crippen molar-refractivity contribution in [1.82, 2.24) is 0 Å². The molecule has 0 aliphatic carbocycles. The van der Waals surface area contributed by atoms with Crippen LogP contribution in [0.25, 0.3) is 0 Å². The quantitative estimate of drug-likeness (QED) is 0.624. The minimum atomic E-state index is -0.144. The van der Waals surface area contributed by atoms with Crippen molar-refractivity contribution in [1.29, 1.82) is 0 Å². The minimum absolute atomic E-state index is 0.144. The molecular formula is C14H26O6. The first-order chi connectivity index (χ1) is 9.89. The second-order valence-corrected chi connectivity index (χ2v) is 4.48. The summed E-state index contributed by atoms with van der Waals surface area (Å²) in [6, 6.07) is 0. The van der Waals surface area contributed by atoms with Gasteiger partial charge in [-0.05, 0) is 12.8 Å². The smallest absolute Gasteiger partial charge is 0.305 e. The molecule has 1 rings (SSSR count). The lowest BCUT2D eigenvalue weighted by Gasteiger charge is -2.07. The van der Waals surface area contributed by atoms with E-state index in [1.807, 2.05) is 0 Å². The van der Waals surface area contributed by atoms with E-state index < -0.39 is 0 Å². The zero-order valence-corrected chi connectivity index (χ0v) is 12.1. The zero-order chi connectivity index (χ0) is 14.3. The first kappa shape index (κ1) is 17.4. The van der Waals surface area contributed by atoms with E-state index in [4.69, 9.17) is 23.7 Å². The molecular weight excluding hydrogens is 264 g/mol. The topological polar surface area (TPSA) is 63.2 Å². The largest absolute Gasteiger partial charge is 0.466 e. The van der Waals surface area contributed by atoms with Gasteiger partial charge in [-0.3, -0.25) is 4.79 Å². The van der Waals surface area contributed by atoms with Crippen LogP contribution < -0.4 is 0 Å². The van der Waals surface area contributed by atoms with Gasteiger partial charge in [0.15, 0.2) is 0 Å². The van der Waals surface area contributed by atoms with E-state index in [1.165, 1.54) is 0 Å². The molecule has 1 aliphatic rings. The van der Waals surface area contributed by atoms with Crippen molar-refractivity contribution in [2.24, 2.45) is 0 Å². The van der Waals surface area contributed by atoms with Crippen LogP contribution in [0.1, 0.15) is 25.7 Å². The van der Waals surface area contributed by atoms with E-state index in [1.54, 1.807) is 0 Å². The van der Waals surface area contributed by atoms with Crippen molar-refractivity contribution in [3.05, 3.63) is 0 Å². The lowest BCUT2D eigenvalue weighted by molar-refractivity contribution is -0.144. The number of hydrogen-bond acceptors (Lipinski definition) is 6. The Labute approximate surface area is 120 Å². The molecule has 1 aliphatic heterocycles. The molecule has 118 valence electrons. The summed E-state index contributed by atoms with van der Waals surface area (Å²) in [6.07, 6.45) is 2.83. The Balaban J connectivity index is 2.10. The molecule has 1 fully saturated rings. The van der Waals surface area contributed by atoms with E-state index in [9.17, 15) is 4.79 Å². The SMILES string of the molecule is O=C1CCCCOCCOCCOCCOCCCO1. The molecule has 1 heterocycles. The maximum Gasteiger partial charge on any atom is 0.305 e. The highest BCUT2D eigenvalue weighted by molar-refractivity contribution is 5.69. The number of hydrogen-bond donors (Lipinski definition) is 0. The summed E-state index contributed by atoms with van der Waals surface area (Å²) in [5.74, 6) is -0.144. The van der Waals surface area contributed by atoms with Crippen LogP contribution in [0.5, 0.6) is 0 Å². The molecule has 0 saturated carbocycles. The van der Waals surface area contributed by atoms with Gasteiger partial charge < -0.3 is 23.7 Å². The molecule has 0 unspecified atom stereocenters. The third-order valence-corrected chi connectivity index (χ3v) is 2.73. The van der Waals surface area contributed by atoms with Crippen LogP contribution >= 0.6 is 0 Å². The summed E-state index contributed by atoms with van der Waals surface area (Å²) in [4.78, 5) is 11.4.